The van der Waals surface area contributed by atoms with Crippen LogP contribution in [-0.2, 0) is 11.3 Å². The molecule has 2 heterocycles. The lowest BCUT2D eigenvalue weighted by Crippen LogP contribution is -2.43. The molecular weight excluding hydrogens is 236 g/mol. The number of nitrogens with one attached hydrogen (secondary N) is 1. The van der Waals surface area contributed by atoms with E-state index in [4.69, 9.17) is 9.52 Å². The molecule has 1 aromatic rings. The Bertz CT molecular complexity index is 429. The van der Waals surface area contributed by atoms with Crippen LogP contribution in [0.2, 0.25) is 0 Å². The zero-order valence-electron chi connectivity index (χ0n) is 10.1. The quantitative estimate of drug-likeness (QED) is 0.849. The van der Waals surface area contributed by atoms with E-state index in [1.54, 1.807) is 30.2 Å². The third-order valence-electron chi connectivity index (χ3n) is 3.33. The summed E-state index contributed by atoms with van der Waals surface area (Å²) in [6.45, 7) is 2.55. The van der Waals surface area contributed by atoms with E-state index >= 15 is 0 Å². The van der Waals surface area contributed by atoms with Gasteiger partial charge < -0.3 is 19.7 Å². The Morgan fingerprint density at radius 3 is 2.94 bits per heavy atom. The Kier molecular flexibility index (Phi) is 3.55. The molecule has 18 heavy (non-hydrogen) atoms. The maximum absolute atomic E-state index is 11.9. The number of likely N-dealkylation sites (tertiary alicyclic amines) is 1. The van der Waals surface area contributed by atoms with Gasteiger partial charge in [0.25, 0.3) is 0 Å². The lowest BCUT2D eigenvalue weighted by Gasteiger charge is -2.23. The summed E-state index contributed by atoms with van der Waals surface area (Å²) in [4.78, 5) is 24.4. The lowest BCUT2D eigenvalue weighted by molar-refractivity contribution is -0.142. The van der Waals surface area contributed by atoms with Gasteiger partial charge in [-0.2, -0.15) is 0 Å². The molecule has 2 rings (SSSR count). The molecule has 0 spiro atoms. The molecule has 1 saturated heterocycles. The number of carbonyl (C=O) groups excluding carboxylic acids is 1. The van der Waals surface area contributed by atoms with Gasteiger partial charge in [-0.05, 0) is 25.5 Å². The summed E-state index contributed by atoms with van der Waals surface area (Å²) in [5.74, 6) is -0.645. The summed E-state index contributed by atoms with van der Waals surface area (Å²) in [5, 5.41) is 11.7. The predicted octanol–water partition coefficient (Wildman–Crippen LogP) is 1.28. The second-order valence-electron chi connectivity index (χ2n) is 4.41. The fourth-order valence-corrected chi connectivity index (χ4v) is 2.23. The fourth-order valence-electron chi connectivity index (χ4n) is 2.23. The molecule has 0 bridgehead atoms. The topological polar surface area (TPSA) is 82.8 Å². The SMILES string of the molecule is CC1C(C(=O)O)CCN1C(=O)NCc1ccco1. The normalized spacial score (nSPS) is 23.1. The second-order valence-corrected chi connectivity index (χ2v) is 4.41. The molecule has 0 aliphatic carbocycles. The van der Waals surface area contributed by atoms with Crippen LogP contribution in [0, 0.1) is 5.92 Å². The Balaban J connectivity index is 1.88. The first kappa shape index (κ1) is 12.5. The summed E-state index contributed by atoms with van der Waals surface area (Å²) in [5.41, 5.74) is 0. The van der Waals surface area contributed by atoms with Gasteiger partial charge in [0.1, 0.15) is 5.76 Å². The summed E-state index contributed by atoms with van der Waals surface area (Å²) in [6.07, 6.45) is 2.05. The van der Waals surface area contributed by atoms with Crippen molar-refractivity contribution >= 4 is 12.0 Å². The number of hydrogen-bond donors (Lipinski definition) is 2. The molecule has 1 aromatic heterocycles. The number of nitrogens with zero attached hydrogens (tertiary/aromatic N) is 1. The van der Waals surface area contributed by atoms with Crippen molar-refractivity contribution in [3.8, 4) is 0 Å². The molecule has 1 aliphatic heterocycles. The predicted molar refractivity (Wildman–Crippen MR) is 62.9 cm³/mol. The van der Waals surface area contributed by atoms with E-state index in [1.165, 1.54) is 0 Å². The Morgan fingerprint density at radius 2 is 2.39 bits per heavy atom. The zero-order valence-corrected chi connectivity index (χ0v) is 10.1. The molecule has 2 unspecified atom stereocenters. The molecule has 2 amide bonds. The summed E-state index contributed by atoms with van der Waals surface area (Å²) < 4.78 is 5.11. The minimum Gasteiger partial charge on any atom is -0.481 e. The lowest BCUT2D eigenvalue weighted by atomic mass is 10.0. The van der Waals surface area contributed by atoms with Crippen molar-refractivity contribution in [1.29, 1.82) is 0 Å². The molecular formula is C12H16N2O4. The molecule has 6 nitrogen and oxygen atoms in total. The maximum Gasteiger partial charge on any atom is 0.318 e. The molecule has 0 aromatic carbocycles. The number of aliphatic carboxylic acids is 1. The highest BCUT2D eigenvalue weighted by Gasteiger charge is 2.37. The number of carboxylic acid groups (broad SMARTS) is 1. The van der Waals surface area contributed by atoms with E-state index in [1.807, 2.05) is 0 Å². The number of hydrogen-bond acceptors (Lipinski definition) is 3. The Labute approximate surface area is 105 Å². The number of carboxylic acids is 1. The van der Waals surface area contributed by atoms with Crippen LogP contribution in [0.3, 0.4) is 0 Å². The molecule has 0 radical (unpaired) electrons. The average Bonchev–Trinajstić information content (AvgIpc) is 2.94. The largest absolute Gasteiger partial charge is 0.481 e. The smallest absolute Gasteiger partial charge is 0.318 e. The van der Waals surface area contributed by atoms with Gasteiger partial charge in [-0.25, -0.2) is 4.79 Å². The maximum atomic E-state index is 11.9. The number of rotatable bonds is 3. The molecule has 2 N–H and O–H groups in total. The van der Waals surface area contributed by atoms with Crippen LogP contribution in [0.5, 0.6) is 0 Å². The van der Waals surface area contributed by atoms with Crippen LogP contribution in [-0.4, -0.2) is 34.6 Å². The minimum atomic E-state index is -0.844. The minimum absolute atomic E-state index is 0.248. The molecule has 6 heteroatoms. The first-order chi connectivity index (χ1) is 8.59. The molecule has 2 atom stereocenters. The standard InChI is InChI=1S/C12H16N2O4/c1-8-10(11(15)16)4-5-14(8)12(17)13-7-9-3-2-6-18-9/h2-3,6,8,10H,4-5,7H2,1H3,(H,13,17)(H,15,16). The number of urea groups is 1. The van der Waals surface area contributed by atoms with Gasteiger partial charge in [-0.3, -0.25) is 4.79 Å². The van der Waals surface area contributed by atoms with Gasteiger partial charge >= 0.3 is 12.0 Å². The first-order valence-corrected chi connectivity index (χ1v) is 5.89. The van der Waals surface area contributed by atoms with E-state index in [-0.39, 0.29) is 12.1 Å². The number of amides is 2. The van der Waals surface area contributed by atoms with Gasteiger partial charge in [-0.15, -0.1) is 0 Å². The van der Waals surface area contributed by atoms with Crippen LogP contribution in [0.1, 0.15) is 19.1 Å². The van der Waals surface area contributed by atoms with E-state index in [2.05, 4.69) is 5.32 Å². The van der Waals surface area contributed by atoms with Gasteiger partial charge in [0.05, 0.1) is 18.7 Å². The summed E-state index contributed by atoms with van der Waals surface area (Å²) in [6, 6.07) is 3.00. The van der Waals surface area contributed by atoms with Crippen molar-refractivity contribution in [1.82, 2.24) is 10.2 Å². The molecule has 0 saturated carbocycles. The van der Waals surface area contributed by atoms with E-state index in [0.29, 0.717) is 25.3 Å². The van der Waals surface area contributed by atoms with Crippen LogP contribution in [0.15, 0.2) is 22.8 Å². The van der Waals surface area contributed by atoms with Crippen molar-refractivity contribution in [2.75, 3.05) is 6.54 Å². The zero-order chi connectivity index (χ0) is 13.1. The highest BCUT2D eigenvalue weighted by molar-refractivity contribution is 5.78. The van der Waals surface area contributed by atoms with Crippen LogP contribution in [0.25, 0.3) is 0 Å². The summed E-state index contributed by atoms with van der Waals surface area (Å²) in [7, 11) is 0. The second kappa shape index (κ2) is 5.12. The third-order valence-corrected chi connectivity index (χ3v) is 3.33. The Hall–Kier alpha value is -1.98. The van der Waals surface area contributed by atoms with Gasteiger partial charge in [0.2, 0.25) is 0 Å². The van der Waals surface area contributed by atoms with Gasteiger partial charge in [-0.1, -0.05) is 0 Å². The highest BCUT2D eigenvalue weighted by atomic mass is 16.4. The number of carbonyl (C=O) groups is 2. The van der Waals surface area contributed by atoms with Crippen molar-refractivity contribution in [2.24, 2.45) is 5.92 Å². The van der Waals surface area contributed by atoms with Gasteiger partial charge in [0, 0.05) is 12.6 Å². The van der Waals surface area contributed by atoms with E-state index in [0.717, 1.165) is 0 Å². The number of furan rings is 1. The molecule has 1 fully saturated rings. The van der Waals surface area contributed by atoms with Crippen molar-refractivity contribution in [3.05, 3.63) is 24.2 Å². The Morgan fingerprint density at radius 1 is 1.61 bits per heavy atom. The first-order valence-electron chi connectivity index (χ1n) is 5.89. The molecule has 98 valence electrons. The van der Waals surface area contributed by atoms with Gasteiger partial charge in [0.15, 0.2) is 0 Å². The monoisotopic (exact) mass is 252 g/mol. The van der Waals surface area contributed by atoms with E-state index in [9.17, 15) is 9.59 Å². The van der Waals surface area contributed by atoms with Crippen molar-refractivity contribution in [2.45, 2.75) is 25.9 Å². The van der Waals surface area contributed by atoms with E-state index < -0.39 is 11.9 Å². The van der Waals surface area contributed by atoms with Crippen molar-refractivity contribution < 1.29 is 19.1 Å². The van der Waals surface area contributed by atoms with Crippen LogP contribution < -0.4 is 5.32 Å². The fraction of sp³-hybridized carbons (Fsp3) is 0.500. The highest BCUT2D eigenvalue weighted by Crippen LogP contribution is 2.24. The average molecular weight is 252 g/mol. The summed E-state index contributed by atoms with van der Waals surface area (Å²) >= 11 is 0. The van der Waals surface area contributed by atoms with Crippen LogP contribution >= 0.6 is 0 Å². The van der Waals surface area contributed by atoms with Crippen molar-refractivity contribution in [3.63, 3.8) is 0 Å². The van der Waals surface area contributed by atoms with Crippen LogP contribution in [0.4, 0.5) is 4.79 Å². The third kappa shape index (κ3) is 2.47. The molecule has 1 aliphatic rings.